The summed E-state index contributed by atoms with van der Waals surface area (Å²) in [5, 5.41) is 11.5. The molecule has 0 aliphatic carbocycles. The van der Waals surface area contributed by atoms with Crippen LogP contribution in [0.2, 0.25) is 0 Å². The summed E-state index contributed by atoms with van der Waals surface area (Å²) in [7, 11) is 0. The second kappa shape index (κ2) is 5.30. The highest BCUT2D eigenvalue weighted by Gasteiger charge is 2.17. The van der Waals surface area contributed by atoms with Crippen molar-refractivity contribution < 1.29 is 19.1 Å². The summed E-state index contributed by atoms with van der Waals surface area (Å²) in [6, 6.07) is 11.5. The predicted octanol–water partition coefficient (Wildman–Crippen LogP) is 2.78. The van der Waals surface area contributed by atoms with E-state index in [9.17, 15) is 14.0 Å². The van der Waals surface area contributed by atoms with Crippen LogP contribution in [0.15, 0.2) is 48.5 Å². The largest absolute Gasteiger partial charge is 0.478 e. The molecule has 2 N–H and O–H groups in total. The molecular formula is C14H10FNO3. The number of halogens is 1. The number of carboxylic acid groups (broad SMARTS) is 1. The SMILES string of the molecule is O=C(O)c1ccc(F)cc1C(=O)Nc1ccccc1. The Morgan fingerprint density at radius 3 is 2.32 bits per heavy atom. The Hall–Kier alpha value is -2.69. The lowest BCUT2D eigenvalue weighted by Gasteiger charge is -2.07. The van der Waals surface area contributed by atoms with E-state index < -0.39 is 17.7 Å². The first kappa shape index (κ1) is 12.8. The van der Waals surface area contributed by atoms with Crippen LogP contribution >= 0.6 is 0 Å². The van der Waals surface area contributed by atoms with Gasteiger partial charge in [0.2, 0.25) is 0 Å². The Morgan fingerprint density at radius 2 is 1.68 bits per heavy atom. The molecule has 0 saturated heterocycles. The van der Waals surface area contributed by atoms with Crippen LogP contribution in [0.5, 0.6) is 0 Å². The van der Waals surface area contributed by atoms with Crippen LogP contribution in [0.3, 0.4) is 0 Å². The lowest BCUT2D eigenvalue weighted by Crippen LogP contribution is -2.16. The maximum absolute atomic E-state index is 13.1. The fraction of sp³-hybridized carbons (Fsp3) is 0. The molecule has 0 atom stereocenters. The molecule has 0 spiro atoms. The number of benzene rings is 2. The van der Waals surface area contributed by atoms with Crippen LogP contribution in [0.1, 0.15) is 20.7 Å². The predicted molar refractivity (Wildman–Crippen MR) is 67.8 cm³/mol. The number of hydrogen-bond donors (Lipinski definition) is 2. The maximum Gasteiger partial charge on any atom is 0.336 e. The molecular weight excluding hydrogens is 249 g/mol. The molecule has 96 valence electrons. The van der Waals surface area contributed by atoms with Gasteiger partial charge in [-0.25, -0.2) is 9.18 Å². The van der Waals surface area contributed by atoms with Crippen molar-refractivity contribution in [2.24, 2.45) is 0 Å². The molecule has 19 heavy (non-hydrogen) atoms. The summed E-state index contributed by atoms with van der Waals surface area (Å²) < 4.78 is 13.1. The second-order valence-electron chi connectivity index (χ2n) is 3.82. The number of carbonyl (C=O) groups excluding carboxylic acids is 1. The maximum atomic E-state index is 13.1. The van der Waals surface area contributed by atoms with Gasteiger partial charge in [-0.2, -0.15) is 0 Å². The minimum atomic E-state index is -1.28. The molecule has 2 rings (SSSR count). The molecule has 0 saturated carbocycles. The molecule has 2 aromatic rings. The third-order valence-electron chi connectivity index (χ3n) is 2.49. The van der Waals surface area contributed by atoms with Crippen LogP contribution in [0.25, 0.3) is 0 Å². The molecule has 4 nitrogen and oxygen atoms in total. The highest BCUT2D eigenvalue weighted by atomic mass is 19.1. The van der Waals surface area contributed by atoms with Gasteiger partial charge in [0.15, 0.2) is 0 Å². The van der Waals surface area contributed by atoms with Gasteiger partial charge in [-0.3, -0.25) is 4.79 Å². The first-order valence-electron chi connectivity index (χ1n) is 5.47. The number of anilines is 1. The zero-order valence-electron chi connectivity index (χ0n) is 9.76. The van der Waals surface area contributed by atoms with Gasteiger partial charge in [-0.05, 0) is 30.3 Å². The third-order valence-corrected chi connectivity index (χ3v) is 2.49. The van der Waals surface area contributed by atoms with Crippen molar-refractivity contribution in [3.05, 3.63) is 65.5 Å². The Kier molecular flexibility index (Phi) is 3.56. The Balaban J connectivity index is 2.33. The van der Waals surface area contributed by atoms with E-state index in [0.29, 0.717) is 5.69 Å². The molecule has 2 aromatic carbocycles. The summed E-state index contributed by atoms with van der Waals surface area (Å²) in [6.45, 7) is 0. The number of rotatable bonds is 3. The molecule has 0 aliphatic heterocycles. The van der Waals surface area contributed by atoms with Gasteiger partial charge in [0.25, 0.3) is 5.91 Å². The molecule has 0 heterocycles. The third kappa shape index (κ3) is 2.95. The number of amides is 1. The summed E-state index contributed by atoms with van der Waals surface area (Å²) in [5.74, 6) is -2.61. The van der Waals surface area contributed by atoms with Crippen LogP contribution in [-0.2, 0) is 0 Å². The summed E-state index contributed by atoms with van der Waals surface area (Å²) in [4.78, 5) is 22.9. The topological polar surface area (TPSA) is 66.4 Å². The smallest absolute Gasteiger partial charge is 0.336 e. The Bertz CT molecular complexity index is 626. The fourth-order valence-corrected chi connectivity index (χ4v) is 1.61. The average molecular weight is 259 g/mol. The van der Waals surface area contributed by atoms with Gasteiger partial charge in [-0.15, -0.1) is 0 Å². The Labute approximate surface area is 108 Å². The number of carboxylic acids is 1. The van der Waals surface area contributed by atoms with E-state index >= 15 is 0 Å². The van der Waals surface area contributed by atoms with Gasteiger partial charge in [-0.1, -0.05) is 18.2 Å². The molecule has 5 heteroatoms. The number of aromatic carboxylic acids is 1. The van der Waals surface area contributed by atoms with E-state index in [-0.39, 0.29) is 11.1 Å². The summed E-state index contributed by atoms with van der Waals surface area (Å²) in [6.07, 6.45) is 0. The lowest BCUT2D eigenvalue weighted by molar-refractivity contribution is 0.0692. The molecule has 0 aromatic heterocycles. The number of hydrogen-bond acceptors (Lipinski definition) is 2. The molecule has 0 fully saturated rings. The first-order valence-corrected chi connectivity index (χ1v) is 5.47. The zero-order valence-corrected chi connectivity index (χ0v) is 9.76. The Morgan fingerprint density at radius 1 is 1.00 bits per heavy atom. The highest BCUT2D eigenvalue weighted by Crippen LogP contribution is 2.14. The van der Waals surface area contributed by atoms with Crippen molar-refractivity contribution in [2.75, 3.05) is 5.32 Å². The first-order chi connectivity index (χ1) is 9.08. The van der Waals surface area contributed by atoms with E-state index in [1.807, 2.05) is 0 Å². The van der Waals surface area contributed by atoms with Crippen molar-refractivity contribution in [3.63, 3.8) is 0 Å². The minimum absolute atomic E-state index is 0.212. The number of carbonyl (C=O) groups is 2. The molecule has 0 unspecified atom stereocenters. The molecule has 0 bridgehead atoms. The van der Waals surface area contributed by atoms with E-state index in [0.717, 1.165) is 18.2 Å². The lowest BCUT2D eigenvalue weighted by atomic mass is 10.1. The van der Waals surface area contributed by atoms with Crippen molar-refractivity contribution in [3.8, 4) is 0 Å². The van der Waals surface area contributed by atoms with E-state index in [1.165, 1.54) is 0 Å². The van der Waals surface area contributed by atoms with Crippen LogP contribution in [0.4, 0.5) is 10.1 Å². The second-order valence-corrected chi connectivity index (χ2v) is 3.82. The summed E-state index contributed by atoms with van der Waals surface area (Å²) in [5.41, 5.74) is 0.0549. The van der Waals surface area contributed by atoms with Gasteiger partial charge >= 0.3 is 5.97 Å². The van der Waals surface area contributed by atoms with E-state index in [4.69, 9.17) is 5.11 Å². The van der Waals surface area contributed by atoms with Crippen LogP contribution in [-0.4, -0.2) is 17.0 Å². The van der Waals surface area contributed by atoms with Crippen molar-refractivity contribution >= 4 is 17.6 Å². The number of nitrogens with one attached hydrogen (secondary N) is 1. The van der Waals surface area contributed by atoms with Crippen molar-refractivity contribution in [2.45, 2.75) is 0 Å². The van der Waals surface area contributed by atoms with E-state index in [2.05, 4.69) is 5.32 Å². The molecule has 0 radical (unpaired) electrons. The standard InChI is InChI=1S/C14H10FNO3/c15-9-6-7-11(14(18)19)12(8-9)13(17)16-10-4-2-1-3-5-10/h1-8H,(H,16,17)(H,18,19). The van der Waals surface area contributed by atoms with Crippen LogP contribution in [0, 0.1) is 5.82 Å². The van der Waals surface area contributed by atoms with Gasteiger partial charge in [0, 0.05) is 5.69 Å². The number of para-hydroxylation sites is 1. The van der Waals surface area contributed by atoms with Crippen LogP contribution < -0.4 is 5.32 Å². The van der Waals surface area contributed by atoms with Gasteiger partial charge in [0.05, 0.1) is 11.1 Å². The highest BCUT2D eigenvalue weighted by molar-refractivity contribution is 6.10. The zero-order chi connectivity index (χ0) is 13.8. The summed E-state index contributed by atoms with van der Waals surface area (Å²) >= 11 is 0. The fourth-order valence-electron chi connectivity index (χ4n) is 1.61. The van der Waals surface area contributed by atoms with Gasteiger partial charge < -0.3 is 10.4 Å². The molecule has 0 aliphatic rings. The monoisotopic (exact) mass is 259 g/mol. The normalized spacial score (nSPS) is 9.95. The van der Waals surface area contributed by atoms with Crippen molar-refractivity contribution in [1.29, 1.82) is 0 Å². The molecule has 1 amide bonds. The van der Waals surface area contributed by atoms with Crippen molar-refractivity contribution in [1.82, 2.24) is 0 Å². The van der Waals surface area contributed by atoms with Gasteiger partial charge in [0.1, 0.15) is 5.82 Å². The quantitative estimate of drug-likeness (QED) is 0.890. The van der Waals surface area contributed by atoms with E-state index in [1.54, 1.807) is 30.3 Å². The minimum Gasteiger partial charge on any atom is -0.478 e. The average Bonchev–Trinajstić information content (AvgIpc) is 2.39.